The molecule has 0 spiro atoms. The second kappa shape index (κ2) is 12.0. The number of furan rings is 2. The Bertz CT molecular complexity index is 3460. The number of benzene rings is 10. The van der Waals surface area contributed by atoms with Gasteiger partial charge in [-0.15, -0.1) is 0 Å². The zero-order valence-corrected chi connectivity index (χ0v) is 30.3. The van der Waals surface area contributed by atoms with E-state index in [-0.39, 0.29) is 0 Å². The molecule has 0 unspecified atom stereocenters. The maximum Gasteiger partial charge on any atom is 0.143 e. The molecule has 2 aromatic heterocycles. The van der Waals surface area contributed by atoms with Gasteiger partial charge in [-0.25, -0.2) is 0 Å². The van der Waals surface area contributed by atoms with Crippen molar-refractivity contribution in [2.75, 3.05) is 0 Å². The van der Waals surface area contributed by atoms with Gasteiger partial charge in [-0.3, -0.25) is 0 Å². The lowest BCUT2D eigenvalue weighted by atomic mass is 9.84. The topological polar surface area (TPSA) is 26.3 Å². The van der Waals surface area contributed by atoms with E-state index >= 15 is 0 Å². The van der Waals surface area contributed by atoms with E-state index < -0.39 is 0 Å². The van der Waals surface area contributed by atoms with Crippen molar-refractivity contribution in [1.82, 2.24) is 0 Å². The fourth-order valence-electron chi connectivity index (χ4n) is 9.26. The van der Waals surface area contributed by atoms with Gasteiger partial charge in [0, 0.05) is 32.7 Å². The molecule has 2 heterocycles. The van der Waals surface area contributed by atoms with Gasteiger partial charge >= 0.3 is 0 Å². The quantitative estimate of drug-likeness (QED) is 0.170. The van der Waals surface area contributed by atoms with E-state index in [1.54, 1.807) is 0 Å². The normalized spacial score (nSPS) is 11.9. The highest BCUT2D eigenvalue weighted by atomic mass is 16.3. The van der Waals surface area contributed by atoms with E-state index in [1.165, 1.54) is 54.6 Å². The van der Waals surface area contributed by atoms with Crippen LogP contribution in [0.2, 0.25) is 0 Å². The molecule has 2 heteroatoms. The lowest BCUT2D eigenvalue weighted by Gasteiger charge is -2.19. The minimum atomic E-state index is 0.882. The lowest BCUT2D eigenvalue weighted by molar-refractivity contribution is 0.669. The molecule has 0 fully saturated rings. The highest BCUT2D eigenvalue weighted by molar-refractivity contribution is 6.27. The van der Waals surface area contributed by atoms with Gasteiger partial charge in [0.2, 0.25) is 0 Å². The van der Waals surface area contributed by atoms with E-state index in [0.29, 0.717) is 0 Å². The average molecular weight is 713 g/mol. The van der Waals surface area contributed by atoms with Gasteiger partial charge < -0.3 is 8.83 Å². The Morgan fingerprint density at radius 1 is 0.250 bits per heavy atom. The summed E-state index contributed by atoms with van der Waals surface area (Å²) in [5.41, 5.74) is 13.0. The van der Waals surface area contributed by atoms with Crippen LogP contribution in [-0.4, -0.2) is 0 Å². The predicted molar refractivity (Wildman–Crippen MR) is 235 cm³/mol. The Hall–Kier alpha value is -7.42. The third-order valence-electron chi connectivity index (χ3n) is 11.7. The molecule has 0 N–H and O–H groups in total. The van der Waals surface area contributed by atoms with Crippen molar-refractivity contribution >= 4 is 76.2 Å². The highest BCUT2D eigenvalue weighted by Gasteiger charge is 2.23. The zero-order chi connectivity index (χ0) is 36.7. The van der Waals surface area contributed by atoms with Crippen molar-refractivity contribution in [2.24, 2.45) is 0 Å². The van der Waals surface area contributed by atoms with Gasteiger partial charge in [0.25, 0.3) is 0 Å². The molecule has 0 saturated heterocycles. The first-order valence-electron chi connectivity index (χ1n) is 19.2. The molecule has 56 heavy (non-hydrogen) atoms. The van der Waals surface area contributed by atoms with Crippen LogP contribution in [0.1, 0.15) is 0 Å². The third-order valence-corrected chi connectivity index (χ3v) is 11.7. The SMILES string of the molecule is c1ccc2c(-c3c4ccccc4c(-c4ccc(-c5ccc(-c6cccc7oc8ccccc8c67)cc5)c5c4oc4ccccc45)c4ccccc34)cccc2c1. The van der Waals surface area contributed by atoms with Crippen LogP contribution in [0.4, 0.5) is 0 Å². The molecule has 2 nitrogen and oxygen atoms in total. The van der Waals surface area contributed by atoms with Gasteiger partial charge in [0.1, 0.15) is 22.3 Å². The minimum Gasteiger partial charge on any atom is -0.456 e. The van der Waals surface area contributed by atoms with Gasteiger partial charge in [-0.05, 0) is 90.0 Å². The van der Waals surface area contributed by atoms with Crippen molar-refractivity contribution < 1.29 is 8.83 Å². The number of rotatable bonds is 4. The summed E-state index contributed by atoms with van der Waals surface area (Å²) in [6.45, 7) is 0. The first-order chi connectivity index (χ1) is 27.8. The first-order valence-corrected chi connectivity index (χ1v) is 19.2. The van der Waals surface area contributed by atoms with Crippen LogP contribution in [0.5, 0.6) is 0 Å². The van der Waals surface area contributed by atoms with Gasteiger partial charge in [-0.2, -0.15) is 0 Å². The zero-order valence-electron chi connectivity index (χ0n) is 30.3. The maximum absolute atomic E-state index is 6.93. The molecule has 0 aliphatic heterocycles. The average Bonchev–Trinajstić information content (AvgIpc) is 3.85. The summed E-state index contributed by atoms with van der Waals surface area (Å²) in [6.07, 6.45) is 0. The minimum absolute atomic E-state index is 0.882. The Kier molecular flexibility index (Phi) is 6.66. The molecule has 0 aliphatic rings. The van der Waals surface area contributed by atoms with Crippen LogP contribution in [0.3, 0.4) is 0 Å². The molecule has 0 radical (unpaired) electrons. The molecular weight excluding hydrogens is 681 g/mol. The molecule has 0 aliphatic carbocycles. The van der Waals surface area contributed by atoms with E-state index in [2.05, 4.69) is 182 Å². The van der Waals surface area contributed by atoms with Crippen molar-refractivity contribution in [3.63, 3.8) is 0 Å². The standard InChI is InChI=1S/C54H32O2/c1-2-15-36-33(13-1)14-11-23-39(36)50-40-16-3-5-18-42(40)51(43-19-6-4-17-41(43)50)46-32-31-38(53-45-21-8-10-25-48(45)56-54(46)53)35-29-27-34(28-30-35)37-22-12-26-49-52(37)44-20-7-9-24-47(44)55-49/h1-32H. The monoisotopic (exact) mass is 712 g/mol. The molecule has 0 amide bonds. The summed E-state index contributed by atoms with van der Waals surface area (Å²) in [5, 5.41) is 11.9. The van der Waals surface area contributed by atoms with Crippen LogP contribution in [0, 0.1) is 0 Å². The van der Waals surface area contributed by atoms with Crippen LogP contribution < -0.4 is 0 Å². The molecular formula is C54H32O2. The Labute approximate surface area is 322 Å². The summed E-state index contributed by atoms with van der Waals surface area (Å²) >= 11 is 0. The van der Waals surface area contributed by atoms with Crippen LogP contribution in [0.25, 0.3) is 121 Å². The smallest absolute Gasteiger partial charge is 0.143 e. The summed E-state index contributed by atoms with van der Waals surface area (Å²) in [7, 11) is 0. The van der Waals surface area contributed by atoms with E-state index in [9.17, 15) is 0 Å². The van der Waals surface area contributed by atoms with E-state index in [4.69, 9.17) is 8.83 Å². The van der Waals surface area contributed by atoms with Crippen molar-refractivity contribution in [2.45, 2.75) is 0 Å². The second-order valence-corrected chi connectivity index (χ2v) is 14.7. The fraction of sp³-hybridized carbons (Fsp3) is 0. The Morgan fingerprint density at radius 3 is 1.34 bits per heavy atom. The molecule has 12 aromatic rings. The molecule has 0 bridgehead atoms. The molecule has 0 saturated carbocycles. The molecule has 0 atom stereocenters. The highest BCUT2D eigenvalue weighted by Crippen LogP contribution is 2.49. The number of fused-ring (bicyclic) bond motifs is 9. The first kappa shape index (κ1) is 31.0. The van der Waals surface area contributed by atoms with Gasteiger partial charge in [0.15, 0.2) is 0 Å². The lowest BCUT2D eigenvalue weighted by Crippen LogP contribution is -1.92. The number of hydrogen-bond acceptors (Lipinski definition) is 2. The summed E-state index contributed by atoms with van der Waals surface area (Å²) in [5.74, 6) is 0. The largest absolute Gasteiger partial charge is 0.456 e. The van der Waals surface area contributed by atoms with Crippen LogP contribution in [0.15, 0.2) is 203 Å². The van der Waals surface area contributed by atoms with E-state index in [1.807, 2.05) is 12.1 Å². The summed E-state index contributed by atoms with van der Waals surface area (Å²) < 4.78 is 13.2. The third kappa shape index (κ3) is 4.50. The number of hydrogen-bond donors (Lipinski definition) is 0. The molecule has 10 aromatic carbocycles. The van der Waals surface area contributed by atoms with Crippen molar-refractivity contribution in [1.29, 1.82) is 0 Å². The van der Waals surface area contributed by atoms with Crippen molar-refractivity contribution in [3.8, 4) is 44.5 Å². The second-order valence-electron chi connectivity index (χ2n) is 14.7. The summed E-state index contributed by atoms with van der Waals surface area (Å²) in [4.78, 5) is 0. The van der Waals surface area contributed by atoms with Gasteiger partial charge in [-0.1, -0.05) is 170 Å². The van der Waals surface area contributed by atoms with Gasteiger partial charge in [0.05, 0.1) is 0 Å². The van der Waals surface area contributed by atoms with E-state index in [0.717, 1.165) is 66.1 Å². The fourth-order valence-corrected chi connectivity index (χ4v) is 9.26. The Balaban J connectivity index is 1.09. The van der Waals surface area contributed by atoms with Crippen LogP contribution >= 0.6 is 0 Å². The number of para-hydroxylation sites is 2. The summed E-state index contributed by atoms with van der Waals surface area (Å²) in [6, 6.07) is 69.7. The predicted octanol–water partition coefficient (Wildman–Crippen LogP) is 15.6. The molecule has 12 rings (SSSR count). The van der Waals surface area contributed by atoms with Crippen LogP contribution in [-0.2, 0) is 0 Å². The maximum atomic E-state index is 6.93. The molecule has 260 valence electrons. The Morgan fingerprint density at radius 2 is 0.679 bits per heavy atom. The van der Waals surface area contributed by atoms with Crippen molar-refractivity contribution in [3.05, 3.63) is 194 Å².